The highest BCUT2D eigenvalue weighted by atomic mass is 14.9. The van der Waals surface area contributed by atoms with Gasteiger partial charge < -0.3 is 5.32 Å². The van der Waals surface area contributed by atoms with E-state index in [1.165, 1.54) is 106 Å². The average Bonchev–Trinajstić information content (AvgIpc) is 3.72. The molecule has 1 unspecified atom stereocenters. The fourth-order valence-electron chi connectivity index (χ4n) is 10.6. The van der Waals surface area contributed by atoms with Gasteiger partial charge in [0, 0.05) is 16.2 Å². The van der Waals surface area contributed by atoms with E-state index in [9.17, 15) is 0 Å². The van der Waals surface area contributed by atoms with Crippen molar-refractivity contribution in [1.29, 1.82) is 0 Å². The molecule has 0 amide bonds. The Hall–Kier alpha value is -6.18. The van der Waals surface area contributed by atoms with Crippen LogP contribution in [-0.4, -0.2) is 0 Å². The number of nitrogens with one attached hydrogen (secondary N) is 1. The molecule has 0 aromatic heterocycles. The molecule has 3 aliphatic carbocycles. The summed E-state index contributed by atoms with van der Waals surface area (Å²) in [6, 6.07) is 53.8. The second-order valence-corrected chi connectivity index (χ2v) is 18.2. The van der Waals surface area contributed by atoms with Gasteiger partial charge in [0.05, 0.1) is 6.04 Å². The Morgan fingerprint density at radius 1 is 0.351 bits per heavy atom. The van der Waals surface area contributed by atoms with Crippen molar-refractivity contribution in [2.45, 2.75) is 63.8 Å². The fraction of sp³-hybridized carbons (Fsp3) is 0.179. The van der Waals surface area contributed by atoms with E-state index in [2.05, 4.69) is 199 Å². The van der Waals surface area contributed by atoms with E-state index >= 15 is 0 Å². The number of hydrogen-bond donors (Lipinski definition) is 1. The van der Waals surface area contributed by atoms with E-state index in [0.717, 1.165) is 0 Å². The first kappa shape index (κ1) is 34.1. The SMILES string of the molecule is CC1(C)c2ccccc2-c2ccc(-c3ccc4c(c3)C(C)(C)c3cc(-c5ccc6c(c5)C(C)(C)c5cc(-c7cccc(C8C=CC=CN8)c7)ccc5-6)ccc3-4)cc21. The van der Waals surface area contributed by atoms with Crippen LogP contribution in [0.15, 0.2) is 164 Å². The number of fused-ring (bicyclic) bond motifs is 9. The lowest BCUT2D eigenvalue weighted by Gasteiger charge is -2.24. The lowest BCUT2D eigenvalue weighted by Crippen LogP contribution is -2.16. The molecule has 0 fully saturated rings. The van der Waals surface area contributed by atoms with Gasteiger partial charge >= 0.3 is 0 Å². The van der Waals surface area contributed by atoms with Crippen molar-refractivity contribution in [3.63, 3.8) is 0 Å². The van der Waals surface area contributed by atoms with Gasteiger partial charge in [-0.05, 0) is 154 Å². The summed E-state index contributed by atoms with van der Waals surface area (Å²) >= 11 is 0. The van der Waals surface area contributed by atoms with Gasteiger partial charge in [-0.2, -0.15) is 0 Å². The second-order valence-electron chi connectivity index (χ2n) is 18.2. The molecular formula is C56H47N. The van der Waals surface area contributed by atoms with Crippen molar-refractivity contribution >= 4 is 0 Å². The first-order valence-corrected chi connectivity index (χ1v) is 20.5. The number of benzene rings is 7. The summed E-state index contributed by atoms with van der Waals surface area (Å²) in [6.07, 6.45) is 8.40. The molecule has 1 heterocycles. The molecule has 7 aromatic rings. The van der Waals surface area contributed by atoms with Crippen LogP contribution >= 0.6 is 0 Å². The van der Waals surface area contributed by atoms with Crippen LogP contribution in [0.2, 0.25) is 0 Å². The highest BCUT2D eigenvalue weighted by Crippen LogP contribution is 2.54. The third-order valence-corrected chi connectivity index (χ3v) is 14.0. The lowest BCUT2D eigenvalue weighted by molar-refractivity contribution is 0.659. The lowest BCUT2D eigenvalue weighted by atomic mass is 9.79. The van der Waals surface area contributed by atoms with Crippen LogP contribution < -0.4 is 5.32 Å². The smallest absolute Gasteiger partial charge is 0.0695 e. The largest absolute Gasteiger partial charge is 0.381 e. The minimum absolute atomic E-state index is 0.0157. The molecule has 276 valence electrons. The summed E-state index contributed by atoms with van der Waals surface area (Å²) in [5.41, 5.74) is 25.3. The van der Waals surface area contributed by atoms with Crippen LogP contribution in [0.3, 0.4) is 0 Å². The highest BCUT2D eigenvalue weighted by molar-refractivity contribution is 5.90. The van der Waals surface area contributed by atoms with E-state index in [4.69, 9.17) is 0 Å². The zero-order chi connectivity index (χ0) is 38.8. The predicted octanol–water partition coefficient (Wildman–Crippen LogP) is 14.3. The van der Waals surface area contributed by atoms with Gasteiger partial charge in [-0.15, -0.1) is 0 Å². The van der Waals surface area contributed by atoms with E-state index in [1.807, 2.05) is 12.3 Å². The third-order valence-electron chi connectivity index (χ3n) is 14.0. The minimum Gasteiger partial charge on any atom is -0.381 e. The first-order chi connectivity index (χ1) is 27.5. The Morgan fingerprint density at radius 3 is 1.16 bits per heavy atom. The summed E-state index contributed by atoms with van der Waals surface area (Å²) in [7, 11) is 0. The van der Waals surface area contributed by atoms with Crippen LogP contribution in [0, 0.1) is 0 Å². The van der Waals surface area contributed by atoms with Crippen molar-refractivity contribution < 1.29 is 0 Å². The number of allylic oxidation sites excluding steroid dienone is 2. The number of hydrogen-bond acceptors (Lipinski definition) is 1. The van der Waals surface area contributed by atoms with E-state index < -0.39 is 0 Å². The van der Waals surface area contributed by atoms with Crippen LogP contribution in [0.4, 0.5) is 0 Å². The normalized spacial score (nSPS) is 17.9. The minimum atomic E-state index is -0.122. The van der Waals surface area contributed by atoms with Crippen LogP contribution in [-0.2, 0) is 16.2 Å². The second kappa shape index (κ2) is 11.9. The van der Waals surface area contributed by atoms with E-state index in [1.54, 1.807) is 0 Å². The summed E-state index contributed by atoms with van der Waals surface area (Å²) < 4.78 is 0. The molecule has 1 N–H and O–H groups in total. The third kappa shape index (κ3) is 4.94. The molecule has 0 saturated heterocycles. The van der Waals surface area contributed by atoms with Gasteiger partial charge in [-0.25, -0.2) is 0 Å². The van der Waals surface area contributed by atoms with Crippen LogP contribution in [0.1, 0.15) is 86.5 Å². The van der Waals surface area contributed by atoms with E-state index in [-0.39, 0.29) is 22.3 Å². The molecule has 7 aromatic carbocycles. The van der Waals surface area contributed by atoms with Gasteiger partial charge in [-0.3, -0.25) is 0 Å². The van der Waals surface area contributed by atoms with Crippen molar-refractivity contribution in [1.82, 2.24) is 5.32 Å². The molecule has 1 nitrogen and oxygen atoms in total. The van der Waals surface area contributed by atoms with Crippen LogP contribution in [0.5, 0.6) is 0 Å². The molecular weight excluding hydrogens is 687 g/mol. The molecule has 11 rings (SSSR count). The molecule has 1 heteroatoms. The van der Waals surface area contributed by atoms with Crippen molar-refractivity contribution in [3.8, 4) is 66.8 Å². The van der Waals surface area contributed by atoms with Crippen molar-refractivity contribution in [2.75, 3.05) is 0 Å². The molecule has 4 aliphatic rings. The Labute approximate surface area is 337 Å². The standard InChI is InChI=1S/C56H47N/c1-54(2)47-15-8-7-14-41(47)42-22-18-36(30-48(42)54)37-19-24-45-46-26-21-39(33-52(46)56(5,6)51(45)31-37)38-20-25-44-43-23-17-35(29-49(43)55(3,4)50(44)32-38)34-12-11-13-40(28-34)53-16-9-10-27-57-53/h7-33,53,57H,1-6H3. The van der Waals surface area contributed by atoms with E-state index in [0.29, 0.717) is 0 Å². The summed E-state index contributed by atoms with van der Waals surface area (Å²) in [5.74, 6) is 0. The van der Waals surface area contributed by atoms with Gasteiger partial charge in [0.2, 0.25) is 0 Å². The van der Waals surface area contributed by atoms with Crippen molar-refractivity contribution in [3.05, 3.63) is 203 Å². The Kier molecular flexibility index (Phi) is 7.13. The molecule has 0 spiro atoms. The highest BCUT2D eigenvalue weighted by Gasteiger charge is 2.39. The van der Waals surface area contributed by atoms with Gasteiger partial charge in [0.15, 0.2) is 0 Å². The number of dihydropyridines is 1. The molecule has 1 atom stereocenters. The van der Waals surface area contributed by atoms with Gasteiger partial charge in [0.25, 0.3) is 0 Å². The Balaban J connectivity index is 0.907. The summed E-state index contributed by atoms with van der Waals surface area (Å²) in [5, 5.41) is 3.47. The molecule has 1 aliphatic heterocycles. The average molecular weight is 734 g/mol. The summed E-state index contributed by atoms with van der Waals surface area (Å²) in [6.45, 7) is 14.3. The van der Waals surface area contributed by atoms with Crippen molar-refractivity contribution in [2.24, 2.45) is 0 Å². The zero-order valence-electron chi connectivity index (χ0n) is 33.7. The Bertz CT molecular complexity index is 2910. The topological polar surface area (TPSA) is 12.0 Å². The quantitative estimate of drug-likeness (QED) is 0.190. The van der Waals surface area contributed by atoms with Crippen LogP contribution in [0.25, 0.3) is 66.8 Å². The Morgan fingerprint density at radius 2 is 0.737 bits per heavy atom. The fourth-order valence-corrected chi connectivity index (χ4v) is 10.6. The molecule has 0 radical (unpaired) electrons. The number of rotatable bonds is 4. The van der Waals surface area contributed by atoms with Gasteiger partial charge in [0.1, 0.15) is 0 Å². The maximum Gasteiger partial charge on any atom is 0.0695 e. The summed E-state index contributed by atoms with van der Waals surface area (Å²) in [4.78, 5) is 0. The predicted molar refractivity (Wildman–Crippen MR) is 240 cm³/mol. The van der Waals surface area contributed by atoms with Gasteiger partial charge in [-0.1, -0.05) is 157 Å². The monoisotopic (exact) mass is 733 g/mol. The zero-order valence-corrected chi connectivity index (χ0v) is 33.7. The molecule has 57 heavy (non-hydrogen) atoms. The first-order valence-electron chi connectivity index (χ1n) is 20.5. The molecule has 0 saturated carbocycles. The maximum atomic E-state index is 3.47. The maximum absolute atomic E-state index is 3.47. The molecule has 0 bridgehead atoms.